The van der Waals surface area contributed by atoms with E-state index >= 15 is 0 Å². The number of ketones is 1. The van der Waals surface area contributed by atoms with Gasteiger partial charge in [-0.15, -0.1) is 0 Å². The predicted octanol–water partition coefficient (Wildman–Crippen LogP) is 3.61. The Hall–Kier alpha value is -1.74. The summed E-state index contributed by atoms with van der Waals surface area (Å²) in [6, 6.07) is 7.68. The molecule has 4 heteroatoms. The highest BCUT2D eigenvalue weighted by Crippen LogP contribution is 2.20. The van der Waals surface area contributed by atoms with E-state index in [0.29, 0.717) is 5.56 Å². The summed E-state index contributed by atoms with van der Waals surface area (Å²) < 4.78 is 13.6. The minimum Gasteiger partial charge on any atom is -0.294 e. The number of benzene rings is 1. The molecule has 2 nitrogen and oxygen atoms in total. The number of hydrogen-bond acceptors (Lipinski definition) is 2. The molecule has 0 unspecified atom stereocenters. The summed E-state index contributed by atoms with van der Waals surface area (Å²) in [4.78, 5) is 16.0. The van der Waals surface area contributed by atoms with E-state index in [9.17, 15) is 9.18 Å². The van der Waals surface area contributed by atoms with Crippen LogP contribution in [0.25, 0.3) is 0 Å². The number of halogens is 2. The van der Waals surface area contributed by atoms with E-state index in [-0.39, 0.29) is 22.8 Å². The Morgan fingerprint density at radius 1 is 1.39 bits per heavy atom. The maximum atomic E-state index is 13.6. The summed E-state index contributed by atoms with van der Waals surface area (Å²) in [5.74, 6) is -0.630. The number of carbonyl (C=O) groups excluding carboxylic acids is 1. The first-order valence-electron chi connectivity index (χ1n) is 5.46. The molecular weight excluding hydrogens is 253 g/mol. The summed E-state index contributed by atoms with van der Waals surface area (Å²) in [5.41, 5.74) is 1.50. The zero-order valence-corrected chi connectivity index (χ0v) is 10.5. The van der Waals surface area contributed by atoms with Crippen LogP contribution in [0, 0.1) is 12.7 Å². The lowest BCUT2D eigenvalue weighted by molar-refractivity contribution is 0.0991. The second-order valence-electron chi connectivity index (χ2n) is 3.99. The van der Waals surface area contributed by atoms with Crippen molar-refractivity contribution in [2.24, 2.45) is 0 Å². The topological polar surface area (TPSA) is 30.0 Å². The van der Waals surface area contributed by atoms with E-state index in [1.165, 1.54) is 12.1 Å². The highest BCUT2D eigenvalue weighted by Gasteiger charge is 2.13. The summed E-state index contributed by atoms with van der Waals surface area (Å²) >= 11 is 5.89. The van der Waals surface area contributed by atoms with E-state index in [1.807, 2.05) is 0 Å². The molecule has 2 rings (SSSR count). The lowest BCUT2D eigenvalue weighted by Gasteiger charge is -2.05. The number of nitrogens with zero attached hydrogens (tertiary/aromatic N) is 1. The SMILES string of the molecule is Cc1cc(C(=O)Cc2c(F)cccc2Cl)ccn1. The first-order chi connectivity index (χ1) is 8.58. The number of hydrogen-bond donors (Lipinski definition) is 0. The molecule has 0 aliphatic rings. The highest BCUT2D eigenvalue weighted by molar-refractivity contribution is 6.31. The summed E-state index contributed by atoms with van der Waals surface area (Å²) in [6.45, 7) is 1.80. The molecule has 0 aliphatic carbocycles. The molecule has 0 fully saturated rings. The second kappa shape index (κ2) is 5.27. The number of aryl methyl sites for hydroxylation is 1. The van der Waals surface area contributed by atoms with Crippen molar-refractivity contribution >= 4 is 17.4 Å². The van der Waals surface area contributed by atoms with E-state index in [1.54, 1.807) is 31.3 Å². The lowest BCUT2D eigenvalue weighted by Crippen LogP contribution is -2.06. The molecule has 0 amide bonds. The van der Waals surface area contributed by atoms with Gasteiger partial charge in [-0.3, -0.25) is 9.78 Å². The van der Waals surface area contributed by atoms with Crippen LogP contribution in [-0.2, 0) is 6.42 Å². The summed E-state index contributed by atoms with van der Waals surface area (Å²) in [7, 11) is 0. The summed E-state index contributed by atoms with van der Waals surface area (Å²) in [6.07, 6.45) is 1.51. The number of aromatic nitrogens is 1. The molecule has 0 atom stereocenters. The first-order valence-corrected chi connectivity index (χ1v) is 5.84. The third-order valence-electron chi connectivity index (χ3n) is 2.62. The minimum absolute atomic E-state index is 0.0467. The van der Waals surface area contributed by atoms with Crippen molar-refractivity contribution in [1.82, 2.24) is 4.98 Å². The molecule has 2 aromatic rings. The highest BCUT2D eigenvalue weighted by atomic mass is 35.5. The second-order valence-corrected chi connectivity index (χ2v) is 4.39. The third-order valence-corrected chi connectivity index (χ3v) is 2.97. The molecule has 0 N–H and O–H groups in total. The van der Waals surface area contributed by atoms with Gasteiger partial charge in [-0.1, -0.05) is 17.7 Å². The van der Waals surface area contributed by atoms with Crippen LogP contribution in [-0.4, -0.2) is 10.8 Å². The first kappa shape index (κ1) is 12.7. The smallest absolute Gasteiger partial charge is 0.167 e. The van der Waals surface area contributed by atoms with Gasteiger partial charge in [0.1, 0.15) is 5.82 Å². The van der Waals surface area contributed by atoms with Crippen molar-refractivity contribution in [3.8, 4) is 0 Å². The average Bonchev–Trinajstić information content (AvgIpc) is 2.34. The molecule has 92 valence electrons. The van der Waals surface area contributed by atoms with Crippen molar-refractivity contribution in [3.63, 3.8) is 0 Å². The van der Waals surface area contributed by atoms with Gasteiger partial charge < -0.3 is 0 Å². The standard InChI is InChI=1S/C14H11ClFNO/c1-9-7-10(5-6-17-9)14(18)8-11-12(15)3-2-4-13(11)16/h2-7H,8H2,1H3. The molecule has 0 saturated carbocycles. The fraction of sp³-hybridized carbons (Fsp3) is 0.143. The zero-order chi connectivity index (χ0) is 13.1. The van der Waals surface area contributed by atoms with Crippen molar-refractivity contribution < 1.29 is 9.18 Å². The van der Waals surface area contributed by atoms with Crippen LogP contribution in [0.1, 0.15) is 21.6 Å². The number of carbonyl (C=O) groups is 1. The largest absolute Gasteiger partial charge is 0.294 e. The van der Waals surface area contributed by atoms with Crippen molar-refractivity contribution in [2.45, 2.75) is 13.3 Å². The van der Waals surface area contributed by atoms with Gasteiger partial charge in [-0.05, 0) is 31.2 Å². The Labute approximate surface area is 109 Å². The maximum absolute atomic E-state index is 13.6. The Morgan fingerprint density at radius 3 is 2.83 bits per heavy atom. The zero-order valence-electron chi connectivity index (χ0n) is 9.78. The maximum Gasteiger partial charge on any atom is 0.167 e. The van der Waals surface area contributed by atoms with Crippen LogP contribution in [0.5, 0.6) is 0 Å². The van der Waals surface area contributed by atoms with E-state index < -0.39 is 5.82 Å². The van der Waals surface area contributed by atoms with Crippen LogP contribution in [0.2, 0.25) is 5.02 Å². The van der Waals surface area contributed by atoms with Gasteiger partial charge in [-0.25, -0.2) is 4.39 Å². The van der Waals surface area contributed by atoms with Gasteiger partial charge >= 0.3 is 0 Å². The predicted molar refractivity (Wildman–Crippen MR) is 68.4 cm³/mol. The molecule has 0 spiro atoms. The van der Waals surface area contributed by atoms with Gasteiger partial charge in [0.05, 0.1) is 0 Å². The molecule has 0 saturated heterocycles. The Morgan fingerprint density at radius 2 is 2.17 bits per heavy atom. The van der Waals surface area contributed by atoms with Crippen LogP contribution >= 0.6 is 11.6 Å². The van der Waals surface area contributed by atoms with Gasteiger partial charge in [0.15, 0.2) is 5.78 Å². The van der Waals surface area contributed by atoms with Crippen LogP contribution in [0.4, 0.5) is 4.39 Å². The Balaban J connectivity index is 2.27. The van der Waals surface area contributed by atoms with Crippen molar-refractivity contribution in [3.05, 3.63) is 64.2 Å². The lowest BCUT2D eigenvalue weighted by atomic mass is 10.0. The van der Waals surface area contributed by atoms with Gasteiger partial charge in [-0.2, -0.15) is 0 Å². The number of Topliss-reactive ketones (excluding diaryl/α,β-unsaturated/α-hetero) is 1. The van der Waals surface area contributed by atoms with Crippen LogP contribution in [0.15, 0.2) is 36.5 Å². The summed E-state index contributed by atoms with van der Waals surface area (Å²) in [5, 5.41) is 0.272. The van der Waals surface area contributed by atoms with Gasteiger partial charge in [0.2, 0.25) is 0 Å². The van der Waals surface area contributed by atoms with E-state index in [4.69, 9.17) is 11.6 Å². The molecule has 1 aromatic heterocycles. The monoisotopic (exact) mass is 263 g/mol. The fourth-order valence-electron chi connectivity index (χ4n) is 1.68. The van der Waals surface area contributed by atoms with Crippen LogP contribution < -0.4 is 0 Å². The Bertz CT molecular complexity index is 578. The molecule has 0 aliphatic heterocycles. The number of rotatable bonds is 3. The molecule has 0 radical (unpaired) electrons. The van der Waals surface area contributed by atoms with Crippen molar-refractivity contribution in [1.29, 1.82) is 0 Å². The fourth-order valence-corrected chi connectivity index (χ4v) is 1.91. The Kier molecular flexibility index (Phi) is 3.72. The van der Waals surface area contributed by atoms with E-state index in [2.05, 4.69) is 4.98 Å². The molecule has 18 heavy (non-hydrogen) atoms. The molecule has 0 bridgehead atoms. The van der Waals surface area contributed by atoms with Crippen molar-refractivity contribution in [2.75, 3.05) is 0 Å². The van der Waals surface area contributed by atoms with Gasteiger partial charge in [0, 0.05) is 34.5 Å². The molecular formula is C14H11ClFNO. The quantitative estimate of drug-likeness (QED) is 0.792. The third kappa shape index (κ3) is 2.74. The number of pyridine rings is 1. The van der Waals surface area contributed by atoms with Crippen LogP contribution in [0.3, 0.4) is 0 Å². The minimum atomic E-state index is -0.457. The average molecular weight is 264 g/mol. The van der Waals surface area contributed by atoms with Gasteiger partial charge in [0.25, 0.3) is 0 Å². The molecule has 1 heterocycles. The van der Waals surface area contributed by atoms with E-state index in [0.717, 1.165) is 5.69 Å². The normalized spacial score (nSPS) is 10.4. The molecule has 1 aromatic carbocycles.